The van der Waals surface area contributed by atoms with Crippen molar-refractivity contribution in [1.29, 1.82) is 5.26 Å². The minimum Gasteiger partial charge on any atom is -0.335 e. The van der Waals surface area contributed by atoms with Gasteiger partial charge in [-0.05, 0) is 24.8 Å². The highest BCUT2D eigenvalue weighted by Crippen LogP contribution is 2.26. The second-order valence-corrected chi connectivity index (χ2v) is 5.60. The number of amides is 1. The largest absolute Gasteiger partial charge is 0.335 e. The van der Waals surface area contributed by atoms with Gasteiger partial charge >= 0.3 is 0 Å². The molecule has 1 aromatic carbocycles. The Morgan fingerprint density at radius 2 is 2.10 bits per heavy atom. The molecule has 0 aliphatic heterocycles. The van der Waals surface area contributed by atoms with Gasteiger partial charge in [0.15, 0.2) is 5.69 Å². The third kappa shape index (κ3) is 2.75. The van der Waals surface area contributed by atoms with Crippen LogP contribution in [0.1, 0.15) is 42.6 Å². The summed E-state index contributed by atoms with van der Waals surface area (Å²) in [4.78, 5) is 12.4. The van der Waals surface area contributed by atoms with Crippen LogP contribution >= 0.6 is 0 Å². The van der Waals surface area contributed by atoms with Crippen molar-refractivity contribution in [1.82, 2.24) is 15.5 Å². The number of rotatable bonds is 3. The van der Waals surface area contributed by atoms with Crippen molar-refractivity contribution < 1.29 is 4.79 Å². The smallest absolute Gasteiger partial charge is 0.273 e. The average Bonchev–Trinajstić information content (AvgIpc) is 2.97. The molecule has 108 valence electrons. The Bertz CT molecular complexity index is 679. The molecule has 5 nitrogen and oxygen atoms in total. The Balaban J connectivity index is 1.77. The Hall–Kier alpha value is -2.35. The zero-order valence-electron chi connectivity index (χ0n) is 11.8. The number of nitrogens with zero attached hydrogens (tertiary/aromatic N) is 2. The van der Waals surface area contributed by atoms with Gasteiger partial charge in [0, 0.05) is 5.39 Å². The normalized spacial score (nSPS) is 17.3. The molecule has 1 aromatic heterocycles. The molecule has 1 saturated carbocycles. The minimum absolute atomic E-state index is 0.262. The fourth-order valence-corrected chi connectivity index (χ4v) is 3.07. The van der Waals surface area contributed by atoms with Gasteiger partial charge in [-0.3, -0.25) is 9.89 Å². The first-order valence-corrected chi connectivity index (χ1v) is 7.43. The molecule has 21 heavy (non-hydrogen) atoms. The van der Waals surface area contributed by atoms with E-state index in [9.17, 15) is 10.1 Å². The maximum atomic E-state index is 12.4. The predicted octanol–water partition coefficient (Wildman–Crippen LogP) is 2.77. The van der Waals surface area contributed by atoms with Crippen molar-refractivity contribution in [2.24, 2.45) is 5.92 Å². The zero-order valence-corrected chi connectivity index (χ0v) is 11.8. The van der Waals surface area contributed by atoms with E-state index in [0.717, 1.165) is 36.6 Å². The molecular weight excluding hydrogens is 264 g/mol. The van der Waals surface area contributed by atoms with E-state index in [1.807, 2.05) is 24.3 Å². The molecule has 1 amide bonds. The summed E-state index contributed by atoms with van der Waals surface area (Å²) in [5, 5.41) is 19.9. The van der Waals surface area contributed by atoms with Gasteiger partial charge in [-0.25, -0.2) is 0 Å². The van der Waals surface area contributed by atoms with Crippen molar-refractivity contribution >= 4 is 16.8 Å². The summed E-state index contributed by atoms with van der Waals surface area (Å²) in [5.41, 5.74) is 1.19. The summed E-state index contributed by atoms with van der Waals surface area (Å²) < 4.78 is 0. The maximum absolute atomic E-state index is 12.4. The van der Waals surface area contributed by atoms with Crippen LogP contribution in [0.5, 0.6) is 0 Å². The van der Waals surface area contributed by atoms with E-state index < -0.39 is 6.04 Å². The number of aromatic amines is 1. The minimum atomic E-state index is -0.423. The second-order valence-electron chi connectivity index (χ2n) is 5.60. The van der Waals surface area contributed by atoms with Crippen molar-refractivity contribution in [2.75, 3.05) is 0 Å². The molecule has 0 radical (unpaired) electrons. The van der Waals surface area contributed by atoms with E-state index in [2.05, 4.69) is 21.6 Å². The molecule has 2 N–H and O–H groups in total. The monoisotopic (exact) mass is 282 g/mol. The Kier molecular flexibility index (Phi) is 3.87. The van der Waals surface area contributed by atoms with Crippen molar-refractivity contribution in [3.63, 3.8) is 0 Å². The highest BCUT2D eigenvalue weighted by Gasteiger charge is 2.26. The van der Waals surface area contributed by atoms with Crippen LogP contribution in [-0.4, -0.2) is 22.1 Å². The number of H-pyrrole nitrogens is 1. The molecular formula is C16H18N4O. The topological polar surface area (TPSA) is 81.6 Å². The molecule has 1 aliphatic rings. The summed E-state index contributed by atoms with van der Waals surface area (Å²) in [6.45, 7) is 0. The van der Waals surface area contributed by atoms with Gasteiger partial charge in [0.25, 0.3) is 5.91 Å². The van der Waals surface area contributed by atoms with Crippen LogP contribution in [0.3, 0.4) is 0 Å². The summed E-state index contributed by atoms with van der Waals surface area (Å²) in [7, 11) is 0. The first-order valence-electron chi connectivity index (χ1n) is 7.43. The predicted molar refractivity (Wildman–Crippen MR) is 79.5 cm³/mol. The number of hydrogen-bond acceptors (Lipinski definition) is 3. The van der Waals surface area contributed by atoms with E-state index in [0.29, 0.717) is 5.69 Å². The van der Waals surface area contributed by atoms with Crippen molar-refractivity contribution in [2.45, 2.75) is 38.1 Å². The Morgan fingerprint density at radius 3 is 2.86 bits per heavy atom. The number of para-hydroxylation sites is 1. The van der Waals surface area contributed by atoms with E-state index in [-0.39, 0.29) is 11.8 Å². The lowest BCUT2D eigenvalue weighted by Gasteiger charge is -2.26. The van der Waals surface area contributed by atoms with Crippen LogP contribution in [-0.2, 0) is 0 Å². The molecule has 1 aliphatic carbocycles. The van der Waals surface area contributed by atoms with E-state index in [1.54, 1.807) is 0 Å². The van der Waals surface area contributed by atoms with Gasteiger partial charge in [-0.2, -0.15) is 10.4 Å². The van der Waals surface area contributed by atoms with Gasteiger partial charge in [0.05, 0.1) is 11.6 Å². The lowest BCUT2D eigenvalue weighted by Crippen LogP contribution is -2.40. The first-order chi connectivity index (χ1) is 10.3. The van der Waals surface area contributed by atoms with Crippen molar-refractivity contribution in [3.05, 3.63) is 30.0 Å². The molecule has 0 spiro atoms. The maximum Gasteiger partial charge on any atom is 0.273 e. The second kappa shape index (κ2) is 5.96. The van der Waals surface area contributed by atoms with Gasteiger partial charge in [0.2, 0.25) is 0 Å². The number of fused-ring (bicyclic) bond motifs is 1. The lowest BCUT2D eigenvalue weighted by atomic mass is 9.84. The summed E-state index contributed by atoms with van der Waals surface area (Å²) in [6, 6.07) is 9.32. The fourth-order valence-electron chi connectivity index (χ4n) is 3.07. The standard InChI is InChI=1S/C16H18N4O/c17-10-14(11-6-2-1-3-7-11)18-16(21)15-12-8-4-5-9-13(12)19-20-15/h4-5,8-9,11,14H,1-3,6-7H2,(H,18,21)(H,19,20). The molecule has 1 unspecified atom stereocenters. The third-order valence-corrected chi connectivity index (χ3v) is 4.23. The zero-order chi connectivity index (χ0) is 14.7. The van der Waals surface area contributed by atoms with Crippen LogP contribution in [0.25, 0.3) is 10.9 Å². The molecule has 0 bridgehead atoms. The number of aromatic nitrogens is 2. The van der Waals surface area contributed by atoms with Gasteiger partial charge in [0.1, 0.15) is 6.04 Å². The molecule has 2 aromatic rings. The molecule has 1 heterocycles. The number of carbonyl (C=O) groups is 1. The Labute approximate surface area is 123 Å². The fraction of sp³-hybridized carbons (Fsp3) is 0.438. The number of carbonyl (C=O) groups excluding carboxylic acids is 1. The summed E-state index contributed by atoms with van der Waals surface area (Å²) in [6.07, 6.45) is 5.54. The Morgan fingerprint density at radius 1 is 1.33 bits per heavy atom. The number of nitrogens with one attached hydrogen (secondary N) is 2. The molecule has 0 saturated heterocycles. The number of nitriles is 1. The third-order valence-electron chi connectivity index (χ3n) is 4.23. The highest BCUT2D eigenvalue weighted by molar-refractivity contribution is 6.04. The van der Waals surface area contributed by atoms with Crippen LogP contribution in [0, 0.1) is 17.2 Å². The molecule has 3 rings (SSSR count). The van der Waals surface area contributed by atoms with Crippen LogP contribution in [0.4, 0.5) is 0 Å². The number of hydrogen-bond donors (Lipinski definition) is 2. The highest BCUT2D eigenvalue weighted by atomic mass is 16.2. The number of benzene rings is 1. The van der Waals surface area contributed by atoms with E-state index >= 15 is 0 Å². The average molecular weight is 282 g/mol. The van der Waals surface area contributed by atoms with E-state index in [1.165, 1.54) is 6.42 Å². The van der Waals surface area contributed by atoms with Gasteiger partial charge < -0.3 is 5.32 Å². The quantitative estimate of drug-likeness (QED) is 0.908. The van der Waals surface area contributed by atoms with Crippen LogP contribution in [0.2, 0.25) is 0 Å². The molecule has 5 heteroatoms. The van der Waals surface area contributed by atoms with Gasteiger partial charge in [-0.15, -0.1) is 0 Å². The SMILES string of the molecule is N#CC(NC(=O)c1n[nH]c2ccccc12)C1CCCCC1. The summed E-state index contributed by atoms with van der Waals surface area (Å²) >= 11 is 0. The van der Waals surface area contributed by atoms with Crippen LogP contribution < -0.4 is 5.32 Å². The summed E-state index contributed by atoms with van der Waals surface area (Å²) in [5.74, 6) is -0.0116. The molecule has 1 fully saturated rings. The molecule has 1 atom stereocenters. The van der Waals surface area contributed by atoms with Gasteiger partial charge in [-0.1, -0.05) is 37.5 Å². The van der Waals surface area contributed by atoms with Crippen LogP contribution in [0.15, 0.2) is 24.3 Å². The first kappa shape index (κ1) is 13.6. The lowest BCUT2D eigenvalue weighted by molar-refractivity contribution is 0.0925. The van der Waals surface area contributed by atoms with Crippen molar-refractivity contribution in [3.8, 4) is 6.07 Å². The van der Waals surface area contributed by atoms with E-state index in [4.69, 9.17) is 0 Å².